The van der Waals surface area contributed by atoms with Gasteiger partial charge in [0, 0.05) is 12.8 Å². The summed E-state index contributed by atoms with van der Waals surface area (Å²) in [7, 11) is 1.14. The Morgan fingerprint density at radius 3 is 1.37 bits per heavy atom. The van der Waals surface area contributed by atoms with E-state index in [0.717, 1.165) is 70.6 Å². The average Bonchev–Trinajstić information content (AvgIpc) is 3.32. The number of unbranched alkanes of at least 4 members (excludes halogenated alkanes) is 25. The van der Waals surface area contributed by atoms with Gasteiger partial charge in [0.25, 0.3) is 7.82 Å². The van der Waals surface area contributed by atoms with Gasteiger partial charge in [-0.2, -0.15) is 0 Å². The van der Waals surface area contributed by atoms with Crippen LogP contribution in [0.25, 0.3) is 0 Å². The second kappa shape index (κ2) is 50.0. The third-order valence-electron chi connectivity index (χ3n) is 12.4. The zero-order chi connectivity index (χ0) is 51.5. The van der Waals surface area contributed by atoms with Crippen molar-refractivity contribution in [2.75, 3.05) is 40.9 Å². The molecular weight excluding hydrogens is 892 g/mol. The van der Waals surface area contributed by atoms with E-state index >= 15 is 0 Å². The van der Waals surface area contributed by atoms with Crippen molar-refractivity contribution in [3.8, 4) is 0 Å². The Morgan fingerprint density at radius 2 is 0.929 bits per heavy atom. The number of hydrogen-bond donors (Lipinski definition) is 1. The Kier molecular flexibility index (Phi) is 48.2. The number of nitrogens with zero attached hydrogens (tertiary/aromatic N) is 1. The lowest BCUT2D eigenvalue weighted by Gasteiger charge is -2.30. The number of carbonyl (C=O) groups is 2. The molecule has 0 heterocycles. The second-order valence-electron chi connectivity index (χ2n) is 20.4. The fourth-order valence-corrected chi connectivity index (χ4v) is 8.70. The van der Waals surface area contributed by atoms with Crippen LogP contribution in [0.1, 0.15) is 245 Å². The molecule has 0 spiro atoms. The van der Waals surface area contributed by atoms with E-state index < -0.39 is 26.6 Å². The number of allylic oxidation sites excluding steroid dienone is 11. The molecule has 0 aliphatic rings. The van der Waals surface area contributed by atoms with E-state index in [1.165, 1.54) is 135 Å². The minimum atomic E-state index is -4.71. The highest BCUT2D eigenvalue weighted by Gasteiger charge is 2.27. The monoisotopic (exact) mass is 1000 g/mol. The van der Waals surface area contributed by atoms with E-state index in [9.17, 15) is 19.0 Å². The third kappa shape index (κ3) is 50.4. The highest BCUT2D eigenvalue weighted by molar-refractivity contribution is 7.45. The lowest BCUT2D eigenvalue weighted by atomic mass is 10.0. The first-order chi connectivity index (χ1) is 33.9. The third-order valence-corrected chi connectivity index (χ3v) is 13.4. The van der Waals surface area contributed by atoms with Gasteiger partial charge in [-0.15, -0.1) is 0 Å². The number of nitrogens with one attached hydrogen (secondary N) is 1. The van der Waals surface area contributed by atoms with Crippen LogP contribution in [0.2, 0.25) is 0 Å². The number of ether oxygens (including phenoxy) is 1. The first kappa shape index (κ1) is 67.5. The summed E-state index contributed by atoms with van der Waals surface area (Å²) >= 11 is 0. The molecule has 0 aromatic heterocycles. The number of likely N-dealkylation sites (N-methyl/N-ethyl adjacent to an activating group) is 1. The number of quaternary nitrogens is 1. The number of esters is 1. The van der Waals surface area contributed by atoms with Gasteiger partial charge < -0.3 is 28.5 Å². The highest BCUT2D eigenvalue weighted by Crippen LogP contribution is 2.38. The van der Waals surface area contributed by atoms with Gasteiger partial charge in [0.05, 0.1) is 33.8 Å². The van der Waals surface area contributed by atoms with Crippen LogP contribution in [0.15, 0.2) is 72.9 Å². The molecule has 0 aromatic carbocycles. The van der Waals surface area contributed by atoms with Gasteiger partial charge in [-0.1, -0.05) is 242 Å². The summed E-state index contributed by atoms with van der Waals surface area (Å²) < 4.78 is 30.2. The quantitative estimate of drug-likeness (QED) is 0.0212. The van der Waals surface area contributed by atoms with Crippen LogP contribution in [-0.2, 0) is 27.9 Å². The highest BCUT2D eigenvalue weighted by atomic mass is 31.2. The predicted octanol–water partition coefficient (Wildman–Crippen LogP) is 16.6. The minimum absolute atomic E-state index is 0.0367. The molecule has 1 amide bonds. The Bertz CT molecular complexity index is 1430. The molecule has 0 aliphatic carbocycles. The molecule has 3 atom stereocenters. The molecule has 1 N–H and O–H groups in total. The zero-order valence-corrected chi connectivity index (χ0v) is 47.1. The van der Waals surface area contributed by atoms with Crippen LogP contribution in [0.4, 0.5) is 0 Å². The number of hydrogen-bond acceptors (Lipinski definition) is 7. The molecule has 9 nitrogen and oxygen atoms in total. The van der Waals surface area contributed by atoms with Crippen molar-refractivity contribution in [3.05, 3.63) is 72.9 Å². The number of carbonyl (C=O) groups excluding carboxylic acids is 2. The first-order valence-corrected chi connectivity index (χ1v) is 30.2. The Morgan fingerprint density at radius 1 is 0.514 bits per heavy atom. The van der Waals surface area contributed by atoms with E-state index in [-0.39, 0.29) is 31.3 Å². The van der Waals surface area contributed by atoms with Crippen molar-refractivity contribution >= 4 is 19.7 Å². The van der Waals surface area contributed by atoms with E-state index in [1.54, 1.807) is 0 Å². The van der Waals surface area contributed by atoms with Gasteiger partial charge in [0.15, 0.2) is 0 Å². The van der Waals surface area contributed by atoms with Crippen LogP contribution < -0.4 is 10.2 Å². The lowest BCUT2D eigenvalue weighted by Crippen LogP contribution is -2.47. The van der Waals surface area contributed by atoms with Crippen molar-refractivity contribution in [1.29, 1.82) is 0 Å². The molecule has 0 fully saturated rings. The fourth-order valence-electron chi connectivity index (χ4n) is 7.98. The molecule has 0 aromatic rings. The van der Waals surface area contributed by atoms with Crippen LogP contribution in [0.5, 0.6) is 0 Å². The fraction of sp³-hybridized carbons (Fsp3) is 0.767. The molecule has 3 unspecified atom stereocenters. The summed E-state index contributed by atoms with van der Waals surface area (Å²) in [6, 6.07) is -0.927. The Labute approximate surface area is 432 Å². The molecule has 10 heteroatoms. The van der Waals surface area contributed by atoms with Gasteiger partial charge >= 0.3 is 5.97 Å². The second-order valence-corrected chi connectivity index (χ2v) is 21.8. The first-order valence-electron chi connectivity index (χ1n) is 28.7. The molecule has 70 heavy (non-hydrogen) atoms. The molecule has 0 bridgehead atoms. The van der Waals surface area contributed by atoms with Crippen molar-refractivity contribution in [2.24, 2.45) is 0 Å². The molecule has 0 radical (unpaired) electrons. The number of phosphoric ester groups is 1. The largest absolute Gasteiger partial charge is 0.756 e. The molecule has 0 aliphatic heterocycles. The van der Waals surface area contributed by atoms with Crippen molar-refractivity contribution < 1.29 is 37.3 Å². The van der Waals surface area contributed by atoms with Gasteiger partial charge in [0.1, 0.15) is 19.3 Å². The van der Waals surface area contributed by atoms with E-state index in [4.69, 9.17) is 13.8 Å². The maximum absolute atomic E-state index is 13.4. The van der Waals surface area contributed by atoms with Crippen molar-refractivity contribution in [1.82, 2.24) is 5.32 Å². The minimum Gasteiger partial charge on any atom is -0.756 e. The average molecular weight is 1000 g/mol. The summed E-state index contributed by atoms with van der Waals surface area (Å²) in [5.74, 6) is -0.635. The number of phosphoric acid groups is 1. The van der Waals surface area contributed by atoms with Crippen LogP contribution in [0.3, 0.4) is 0 Å². The molecule has 406 valence electrons. The van der Waals surface area contributed by atoms with E-state index in [2.05, 4.69) is 74.7 Å². The van der Waals surface area contributed by atoms with Crippen molar-refractivity contribution in [3.63, 3.8) is 0 Å². The SMILES string of the molecule is CC/C=C/C/C=C/C/C=C/C/C=C/C/C=C/CCC(=O)NC(COP(=O)([O-])OCC[N+](C)(C)C)C(/C=C/CCCCCCCCCCC)OC(=O)CCCCCCCCCCCCCCCCCCC. The summed E-state index contributed by atoms with van der Waals surface area (Å²) in [5, 5.41) is 2.97. The molecule has 0 saturated heterocycles. The van der Waals surface area contributed by atoms with E-state index in [1.807, 2.05) is 45.4 Å². The number of amides is 1. The van der Waals surface area contributed by atoms with Crippen LogP contribution in [-0.4, -0.2) is 69.4 Å². The normalized spacial score (nSPS) is 14.3. The lowest BCUT2D eigenvalue weighted by molar-refractivity contribution is -0.870. The summed E-state index contributed by atoms with van der Waals surface area (Å²) in [5.41, 5.74) is 0. The van der Waals surface area contributed by atoms with Gasteiger partial charge in [-0.25, -0.2) is 0 Å². The molecular formula is C60H109N2O7P. The Balaban J connectivity index is 5.40. The maximum Gasteiger partial charge on any atom is 0.306 e. The summed E-state index contributed by atoms with van der Waals surface area (Å²) in [6.07, 6.45) is 63.2. The predicted molar refractivity (Wildman–Crippen MR) is 298 cm³/mol. The summed E-state index contributed by atoms with van der Waals surface area (Å²) in [6.45, 7) is 6.66. The van der Waals surface area contributed by atoms with Gasteiger partial charge in [-0.3, -0.25) is 14.2 Å². The van der Waals surface area contributed by atoms with Gasteiger partial charge in [-0.05, 0) is 63.9 Å². The smallest absolute Gasteiger partial charge is 0.306 e. The van der Waals surface area contributed by atoms with Crippen LogP contribution >= 0.6 is 7.82 Å². The Hall–Kier alpha value is -2.55. The van der Waals surface area contributed by atoms with Crippen LogP contribution in [0, 0.1) is 0 Å². The maximum atomic E-state index is 13.4. The molecule has 0 rings (SSSR count). The molecule has 0 saturated carbocycles. The van der Waals surface area contributed by atoms with Gasteiger partial charge in [0.2, 0.25) is 5.91 Å². The standard InChI is InChI=1S/C60H109N2O7P/c1-7-10-13-16-19-22-25-27-29-31-33-35-38-41-44-47-50-53-60(64)69-58(51-48-45-42-39-36-24-21-18-15-12-9-3)57(56-68-70(65,66)67-55-54-62(4,5)6)61-59(63)52-49-46-43-40-37-34-32-30-28-26-23-20-17-14-11-8-2/h11,14,20,23,28,30,34,37,43,46,48,51,57-58H,7-10,12-13,15-19,21-22,24-27,29,31-33,35-36,38-42,44-45,47,49-50,52-56H2,1-6H3,(H-,61,63,65,66)/b14-11+,23-20+,30-28+,37-34+,46-43+,51-48+. The topological polar surface area (TPSA) is 114 Å². The van der Waals surface area contributed by atoms with Crippen molar-refractivity contribution in [2.45, 2.75) is 258 Å². The number of rotatable bonds is 51. The van der Waals surface area contributed by atoms with E-state index in [0.29, 0.717) is 17.4 Å². The zero-order valence-electron chi connectivity index (χ0n) is 46.2. The summed E-state index contributed by atoms with van der Waals surface area (Å²) in [4.78, 5) is 39.8.